The zero-order valence-corrected chi connectivity index (χ0v) is 15.3. The van der Waals surface area contributed by atoms with Crippen LogP contribution in [0, 0.1) is 0 Å². The minimum Gasteiger partial charge on any atom is -0.264 e. The Morgan fingerprint density at radius 1 is 0.464 bits per heavy atom. The minimum absolute atomic E-state index is 1.17. The number of rotatable bonds is 1. The first-order chi connectivity index (χ1) is 13.9. The smallest absolute Gasteiger partial charge is 0.0346 e. The molecular formula is C27H17N. The summed E-state index contributed by atoms with van der Waals surface area (Å²) in [7, 11) is 0. The number of fused-ring (bicyclic) bond motifs is 6. The SMILES string of the molecule is c1ccc2c(c1)ccc1c3ccccc3c(-c3ccc4cnccc4c3)cc21. The quantitative estimate of drug-likeness (QED) is 0.281. The number of aromatic nitrogens is 1. The second-order valence-electron chi connectivity index (χ2n) is 7.29. The van der Waals surface area contributed by atoms with Crippen molar-refractivity contribution >= 4 is 43.1 Å². The van der Waals surface area contributed by atoms with Gasteiger partial charge in [-0.3, -0.25) is 4.98 Å². The summed E-state index contributed by atoms with van der Waals surface area (Å²) in [5, 5.41) is 10.2. The molecule has 0 bridgehead atoms. The Morgan fingerprint density at radius 3 is 2.14 bits per heavy atom. The van der Waals surface area contributed by atoms with Crippen LogP contribution in [0.25, 0.3) is 54.2 Å². The van der Waals surface area contributed by atoms with Crippen LogP contribution in [0.5, 0.6) is 0 Å². The third-order valence-electron chi connectivity index (χ3n) is 5.72. The second kappa shape index (κ2) is 5.90. The van der Waals surface area contributed by atoms with Gasteiger partial charge in [0.1, 0.15) is 0 Å². The molecular weight excluding hydrogens is 338 g/mol. The van der Waals surface area contributed by atoms with Gasteiger partial charge in [-0.25, -0.2) is 0 Å². The molecule has 1 heterocycles. The number of hydrogen-bond acceptors (Lipinski definition) is 1. The van der Waals surface area contributed by atoms with E-state index >= 15 is 0 Å². The Balaban J connectivity index is 1.78. The lowest BCUT2D eigenvalue weighted by atomic mass is 9.90. The van der Waals surface area contributed by atoms with E-state index in [0.29, 0.717) is 0 Å². The van der Waals surface area contributed by atoms with Gasteiger partial charge in [0, 0.05) is 17.8 Å². The zero-order valence-electron chi connectivity index (χ0n) is 15.3. The normalized spacial score (nSPS) is 11.6. The highest BCUT2D eigenvalue weighted by molar-refractivity contribution is 6.21. The van der Waals surface area contributed by atoms with Crippen molar-refractivity contribution in [1.29, 1.82) is 0 Å². The number of pyridine rings is 1. The molecule has 5 aromatic carbocycles. The van der Waals surface area contributed by atoms with Crippen molar-refractivity contribution in [2.24, 2.45) is 0 Å². The van der Waals surface area contributed by atoms with Crippen molar-refractivity contribution in [3.05, 3.63) is 103 Å². The molecule has 0 aliphatic heterocycles. The van der Waals surface area contributed by atoms with Gasteiger partial charge in [0.25, 0.3) is 0 Å². The third kappa shape index (κ3) is 2.23. The van der Waals surface area contributed by atoms with E-state index in [9.17, 15) is 0 Å². The predicted octanol–water partition coefficient (Wildman–Crippen LogP) is 7.36. The first-order valence-corrected chi connectivity index (χ1v) is 9.56. The molecule has 130 valence electrons. The largest absolute Gasteiger partial charge is 0.264 e. The van der Waals surface area contributed by atoms with E-state index < -0.39 is 0 Å². The van der Waals surface area contributed by atoms with E-state index in [1.165, 1.54) is 54.2 Å². The van der Waals surface area contributed by atoms with Crippen molar-refractivity contribution in [2.45, 2.75) is 0 Å². The van der Waals surface area contributed by atoms with Crippen LogP contribution in [-0.4, -0.2) is 4.98 Å². The van der Waals surface area contributed by atoms with Crippen LogP contribution in [0.1, 0.15) is 0 Å². The molecule has 0 atom stereocenters. The van der Waals surface area contributed by atoms with E-state index in [4.69, 9.17) is 0 Å². The summed E-state index contributed by atoms with van der Waals surface area (Å²) in [5.74, 6) is 0. The summed E-state index contributed by atoms with van der Waals surface area (Å²) in [4.78, 5) is 4.24. The van der Waals surface area contributed by atoms with Crippen molar-refractivity contribution in [1.82, 2.24) is 4.98 Å². The lowest BCUT2D eigenvalue weighted by molar-refractivity contribution is 1.36. The number of nitrogens with zero attached hydrogens (tertiary/aromatic N) is 1. The molecule has 0 fully saturated rings. The summed E-state index contributed by atoms with van der Waals surface area (Å²) < 4.78 is 0. The molecule has 0 aliphatic carbocycles. The molecule has 0 saturated heterocycles. The lowest BCUT2D eigenvalue weighted by Crippen LogP contribution is -1.86. The molecule has 1 nitrogen and oxygen atoms in total. The summed E-state index contributed by atoms with van der Waals surface area (Å²) in [6.45, 7) is 0. The standard InChI is InChI=1S/C27H17N/c1-2-6-22-18(5-1)11-12-25-23-7-3-4-8-24(23)26(16-27(22)25)20-9-10-21-17-28-14-13-19(21)15-20/h1-17H. The van der Waals surface area contributed by atoms with Crippen LogP contribution < -0.4 is 0 Å². The number of hydrogen-bond donors (Lipinski definition) is 0. The Morgan fingerprint density at radius 2 is 1.21 bits per heavy atom. The first kappa shape index (κ1) is 15.4. The molecule has 0 saturated carbocycles. The molecule has 0 N–H and O–H groups in total. The van der Waals surface area contributed by atoms with Crippen LogP contribution in [0.3, 0.4) is 0 Å². The molecule has 0 unspecified atom stereocenters. The molecule has 28 heavy (non-hydrogen) atoms. The monoisotopic (exact) mass is 355 g/mol. The maximum absolute atomic E-state index is 4.24. The molecule has 6 rings (SSSR count). The highest BCUT2D eigenvalue weighted by Gasteiger charge is 2.11. The van der Waals surface area contributed by atoms with Gasteiger partial charge in [-0.2, -0.15) is 0 Å². The average molecular weight is 355 g/mol. The van der Waals surface area contributed by atoms with Gasteiger partial charge in [0.05, 0.1) is 0 Å². The average Bonchev–Trinajstić information content (AvgIpc) is 2.78. The van der Waals surface area contributed by atoms with Gasteiger partial charge < -0.3 is 0 Å². The molecule has 0 amide bonds. The van der Waals surface area contributed by atoms with E-state index in [1.807, 2.05) is 12.4 Å². The van der Waals surface area contributed by atoms with Crippen LogP contribution in [-0.2, 0) is 0 Å². The van der Waals surface area contributed by atoms with E-state index in [0.717, 1.165) is 0 Å². The van der Waals surface area contributed by atoms with Gasteiger partial charge in [0.15, 0.2) is 0 Å². The predicted molar refractivity (Wildman–Crippen MR) is 120 cm³/mol. The van der Waals surface area contributed by atoms with Gasteiger partial charge >= 0.3 is 0 Å². The maximum atomic E-state index is 4.24. The summed E-state index contributed by atoms with van der Waals surface area (Å²) in [6, 6.07) is 33.0. The second-order valence-corrected chi connectivity index (χ2v) is 7.29. The first-order valence-electron chi connectivity index (χ1n) is 9.56. The maximum Gasteiger partial charge on any atom is 0.0346 e. The van der Waals surface area contributed by atoms with Gasteiger partial charge in [-0.15, -0.1) is 0 Å². The lowest BCUT2D eigenvalue weighted by Gasteiger charge is -2.13. The fourth-order valence-electron chi connectivity index (χ4n) is 4.35. The van der Waals surface area contributed by atoms with E-state index in [-0.39, 0.29) is 0 Å². The highest BCUT2D eigenvalue weighted by atomic mass is 14.6. The molecule has 0 spiro atoms. The van der Waals surface area contributed by atoms with Crippen LogP contribution in [0.2, 0.25) is 0 Å². The Bertz CT molecular complexity index is 1510. The van der Waals surface area contributed by atoms with E-state index in [1.54, 1.807) is 0 Å². The van der Waals surface area contributed by atoms with Gasteiger partial charge in [-0.05, 0) is 67.0 Å². The van der Waals surface area contributed by atoms with Gasteiger partial charge in [-0.1, -0.05) is 72.8 Å². The van der Waals surface area contributed by atoms with Gasteiger partial charge in [0.2, 0.25) is 0 Å². The molecule has 1 heteroatoms. The van der Waals surface area contributed by atoms with Crippen LogP contribution in [0.15, 0.2) is 103 Å². The molecule has 6 aromatic rings. The van der Waals surface area contributed by atoms with Crippen LogP contribution in [0.4, 0.5) is 0 Å². The number of benzene rings is 5. The summed E-state index contributed by atoms with van der Waals surface area (Å²) in [6.07, 6.45) is 3.78. The fraction of sp³-hybridized carbons (Fsp3) is 0. The van der Waals surface area contributed by atoms with Crippen LogP contribution >= 0.6 is 0 Å². The molecule has 0 aliphatic rings. The van der Waals surface area contributed by atoms with E-state index in [2.05, 4.69) is 96.0 Å². The van der Waals surface area contributed by atoms with Crippen molar-refractivity contribution < 1.29 is 0 Å². The van der Waals surface area contributed by atoms with Crippen molar-refractivity contribution in [2.75, 3.05) is 0 Å². The van der Waals surface area contributed by atoms with Crippen molar-refractivity contribution in [3.8, 4) is 11.1 Å². The summed E-state index contributed by atoms with van der Waals surface area (Å²) in [5.41, 5.74) is 2.52. The minimum atomic E-state index is 1.17. The summed E-state index contributed by atoms with van der Waals surface area (Å²) >= 11 is 0. The Labute approximate surface area is 162 Å². The third-order valence-corrected chi connectivity index (χ3v) is 5.72. The zero-order chi connectivity index (χ0) is 18.5. The Kier molecular flexibility index (Phi) is 3.24. The molecule has 1 aromatic heterocycles. The fourth-order valence-corrected chi connectivity index (χ4v) is 4.35. The Hall–Kier alpha value is -3.71. The molecule has 0 radical (unpaired) electrons. The van der Waals surface area contributed by atoms with Crippen molar-refractivity contribution in [3.63, 3.8) is 0 Å². The highest BCUT2D eigenvalue weighted by Crippen LogP contribution is 2.38. The topological polar surface area (TPSA) is 12.9 Å².